The molecule has 2 N–H and O–H groups in total. The van der Waals surface area contributed by atoms with Gasteiger partial charge in [0.25, 0.3) is 0 Å². The van der Waals surface area contributed by atoms with Gasteiger partial charge in [0.15, 0.2) is 0 Å². The van der Waals surface area contributed by atoms with E-state index in [4.69, 9.17) is 0 Å². The first-order chi connectivity index (χ1) is 10.4. The Bertz CT molecular complexity index is 475. The normalized spacial score (nSPS) is 13.0. The van der Waals surface area contributed by atoms with E-state index in [-0.39, 0.29) is 5.91 Å². The van der Waals surface area contributed by atoms with Crippen molar-refractivity contribution in [3.05, 3.63) is 35.4 Å². The number of nitrogens with one attached hydrogen (secondary N) is 2. The van der Waals surface area contributed by atoms with Gasteiger partial charge in [0, 0.05) is 13.1 Å². The van der Waals surface area contributed by atoms with E-state index in [9.17, 15) is 18.0 Å². The van der Waals surface area contributed by atoms with Crippen LogP contribution in [0.1, 0.15) is 43.7 Å². The van der Waals surface area contributed by atoms with Crippen LogP contribution in [0.4, 0.5) is 13.2 Å². The second-order valence-electron chi connectivity index (χ2n) is 5.13. The lowest BCUT2D eigenvalue weighted by Gasteiger charge is -2.17. The monoisotopic (exact) mass is 316 g/mol. The molecule has 0 saturated carbocycles. The van der Waals surface area contributed by atoms with E-state index in [1.807, 2.05) is 6.92 Å². The van der Waals surface area contributed by atoms with E-state index in [1.54, 1.807) is 13.0 Å². The third-order valence-electron chi connectivity index (χ3n) is 3.37. The van der Waals surface area contributed by atoms with Gasteiger partial charge in [-0.05, 0) is 31.0 Å². The average Bonchev–Trinajstić information content (AvgIpc) is 2.47. The van der Waals surface area contributed by atoms with Crippen molar-refractivity contribution >= 4 is 5.91 Å². The zero-order chi connectivity index (χ0) is 16.6. The molecule has 0 aliphatic rings. The zero-order valence-corrected chi connectivity index (χ0v) is 13.0. The van der Waals surface area contributed by atoms with Gasteiger partial charge >= 0.3 is 6.18 Å². The standard InChI is InChI=1S/C16H23F3N2O/c1-3-8-20-9-10-21-15(22)14(4-2)12-6-5-7-13(11-12)16(17,18)19/h5-7,11,14,20H,3-4,8-10H2,1-2H3,(H,21,22). The Morgan fingerprint density at radius 2 is 1.91 bits per heavy atom. The molecule has 124 valence electrons. The average molecular weight is 316 g/mol. The van der Waals surface area contributed by atoms with Gasteiger partial charge in [0.05, 0.1) is 11.5 Å². The molecule has 1 unspecified atom stereocenters. The summed E-state index contributed by atoms with van der Waals surface area (Å²) in [6.07, 6.45) is -2.93. The molecular weight excluding hydrogens is 293 g/mol. The number of carbonyl (C=O) groups is 1. The Hall–Kier alpha value is -1.56. The highest BCUT2D eigenvalue weighted by atomic mass is 19.4. The summed E-state index contributed by atoms with van der Waals surface area (Å²) in [7, 11) is 0. The topological polar surface area (TPSA) is 41.1 Å². The minimum absolute atomic E-state index is 0.236. The van der Waals surface area contributed by atoms with E-state index < -0.39 is 17.7 Å². The molecule has 0 radical (unpaired) electrons. The molecule has 0 aliphatic heterocycles. The number of hydrogen-bond acceptors (Lipinski definition) is 2. The predicted molar refractivity (Wildman–Crippen MR) is 80.6 cm³/mol. The van der Waals surface area contributed by atoms with E-state index in [1.165, 1.54) is 6.07 Å². The van der Waals surface area contributed by atoms with Crippen LogP contribution in [0.3, 0.4) is 0 Å². The highest BCUT2D eigenvalue weighted by Gasteiger charge is 2.31. The minimum Gasteiger partial charge on any atom is -0.354 e. The lowest BCUT2D eigenvalue weighted by Crippen LogP contribution is -2.35. The van der Waals surface area contributed by atoms with Crippen LogP contribution >= 0.6 is 0 Å². The summed E-state index contributed by atoms with van der Waals surface area (Å²) in [5, 5.41) is 5.92. The molecule has 1 atom stereocenters. The quantitative estimate of drug-likeness (QED) is 0.723. The number of alkyl halides is 3. The molecule has 0 aliphatic carbocycles. The van der Waals surface area contributed by atoms with Crippen molar-refractivity contribution in [1.29, 1.82) is 0 Å². The largest absolute Gasteiger partial charge is 0.416 e. The third kappa shape index (κ3) is 5.67. The number of hydrogen-bond donors (Lipinski definition) is 2. The fourth-order valence-corrected chi connectivity index (χ4v) is 2.20. The van der Waals surface area contributed by atoms with Crippen LogP contribution in [-0.2, 0) is 11.0 Å². The van der Waals surface area contributed by atoms with Gasteiger partial charge in [-0.3, -0.25) is 4.79 Å². The zero-order valence-electron chi connectivity index (χ0n) is 13.0. The number of rotatable bonds is 8. The number of carbonyl (C=O) groups excluding carboxylic acids is 1. The molecule has 1 rings (SSSR count). The van der Waals surface area contributed by atoms with Gasteiger partial charge in [0.1, 0.15) is 0 Å². The number of halogens is 3. The van der Waals surface area contributed by atoms with Gasteiger partial charge < -0.3 is 10.6 Å². The molecule has 0 saturated heterocycles. The van der Waals surface area contributed by atoms with Gasteiger partial charge in [-0.25, -0.2) is 0 Å². The second kappa shape index (κ2) is 8.78. The molecule has 22 heavy (non-hydrogen) atoms. The Balaban J connectivity index is 2.69. The molecule has 6 heteroatoms. The number of amides is 1. The fraction of sp³-hybridized carbons (Fsp3) is 0.562. The Kier molecular flexibility index (Phi) is 7.38. The first kappa shape index (κ1) is 18.5. The summed E-state index contributed by atoms with van der Waals surface area (Å²) in [5.74, 6) is -0.798. The molecule has 0 heterocycles. The van der Waals surface area contributed by atoms with E-state index >= 15 is 0 Å². The summed E-state index contributed by atoms with van der Waals surface area (Å²) in [6, 6.07) is 4.99. The molecule has 0 spiro atoms. The maximum atomic E-state index is 12.7. The van der Waals surface area contributed by atoms with Gasteiger partial charge in [-0.15, -0.1) is 0 Å². The van der Waals surface area contributed by atoms with Crippen molar-refractivity contribution in [1.82, 2.24) is 10.6 Å². The van der Waals surface area contributed by atoms with Crippen LogP contribution in [0, 0.1) is 0 Å². The Morgan fingerprint density at radius 1 is 1.18 bits per heavy atom. The van der Waals surface area contributed by atoms with Crippen LogP contribution in [0.25, 0.3) is 0 Å². The first-order valence-electron chi connectivity index (χ1n) is 7.55. The van der Waals surface area contributed by atoms with Crippen LogP contribution < -0.4 is 10.6 Å². The third-order valence-corrected chi connectivity index (χ3v) is 3.37. The molecule has 0 aromatic heterocycles. The molecule has 1 aromatic carbocycles. The van der Waals surface area contributed by atoms with Crippen molar-refractivity contribution in [2.75, 3.05) is 19.6 Å². The van der Waals surface area contributed by atoms with Crippen molar-refractivity contribution in [3.63, 3.8) is 0 Å². The molecule has 0 bridgehead atoms. The highest BCUT2D eigenvalue weighted by Crippen LogP contribution is 2.31. The van der Waals surface area contributed by atoms with Crippen molar-refractivity contribution in [3.8, 4) is 0 Å². The molecular formula is C16H23F3N2O. The maximum absolute atomic E-state index is 12.7. The molecule has 1 amide bonds. The highest BCUT2D eigenvalue weighted by molar-refractivity contribution is 5.83. The van der Waals surface area contributed by atoms with Crippen molar-refractivity contribution < 1.29 is 18.0 Å². The van der Waals surface area contributed by atoms with Gasteiger partial charge in [-0.1, -0.05) is 32.0 Å². The van der Waals surface area contributed by atoms with Gasteiger partial charge in [-0.2, -0.15) is 13.2 Å². The summed E-state index contributed by atoms with van der Waals surface area (Å²) >= 11 is 0. The van der Waals surface area contributed by atoms with E-state index in [0.29, 0.717) is 25.1 Å². The summed E-state index contributed by atoms with van der Waals surface area (Å²) < 4.78 is 38.2. The van der Waals surface area contributed by atoms with Crippen LogP contribution in [0.2, 0.25) is 0 Å². The van der Waals surface area contributed by atoms with Crippen LogP contribution in [0.5, 0.6) is 0 Å². The Morgan fingerprint density at radius 3 is 2.50 bits per heavy atom. The minimum atomic E-state index is -4.39. The van der Waals surface area contributed by atoms with Crippen molar-refractivity contribution in [2.24, 2.45) is 0 Å². The van der Waals surface area contributed by atoms with E-state index in [2.05, 4.69) is 10.6 Å². The van der Waals surface area contributed by atoms with Crippen molar-refractivity contribution in [2.45, 2.75) is 38.8 Å². The second-order valence-corrected chi connectivity index (χ2v) is 5.13. The molecule has 3 nitrogen and oxygen atoms in total. The molecule has 0 fully saturated rings. The summed E-state index contributed by atoms with van der Waals surface area (Å²) in [6.45, 7) is 5.83. The van der Waals surface area contributed by atoms with Crippen LogP contribution in [0.15, 0.2) is 24.3 Å². The lowest BCUT2D eigenvalue weighted by molar-refractivity contribution is -0.137. The SMILES string of the molecule is CCCNCCNC(=O)C(CC)c1cccc(C(F)(F)F)c1. The van der Waals surface area contributed by atoms with Crippen LogP contribution in [-0.4, -0.2) is 25.5 Å². The van der Waals surface area contributed by atoms with E-state index in [0.717, 1.165) is 25.1 Å². The van der Waals surface area contributed by atoms with Gasteiger partial charge in [0.2, 0.25) is 5.91 Å². The fourth-order valence-electron chi connectivity index (χ4n) is 2.20. The first-order valence-corrected chi connectivity index (χ1v) is 7.55. The summed E-state index contributed by atoms with van der Waals surface area (Å²) in [4.78, 5) is 12.1. The summed E-state index contributed by atoms with van der Waals surface area (Å²) in [5.41, 5.74) is -0.322. The smallest absolute Gasteiger partial charge is 0.354 e. The lowest BCUT2D eigenvalue weighted by atomic mass is 9.94. The number of benzene rings is 1. The maximum Gasteiger partial charge on any atom is 0.416 e. The molecule has 1 aromatic rings. The predicted octanol–water partition coefficient (Wildman–Crippen LogP) is 3.31. The Labute approximate surface area is 129 Å².